The van der Waals surface area contributed by atoms with Crippen LogP contribution in [0.5, 0.6) is 0 Å². The Morgan fingerprint density at radius 1 is 1.05 bits per heavy atom. The second kappa shape index (κ2) is 5.67. The van der Waals surface area contributed by atoms with E-state index >= 15 is 0 Å². The van der Waals surface area contributed by atoms with Crippen molar-refractivity contribution in [2.24, 2.45) is 0 Å². The van der Waals surface area contributed by atoms with Crippen LogP contribution < -0.4 is 16.2 Å². The van der Waals surface area contributed by atoms with Gasteiger partial charge >= 0.3 is 7.12 Å². The van der Waals surface area contributed by atoms with Gasteiger partial charge in [0, 0.05) is 24.4 Å². The summed E-state index contributed by atoms with van der Waals surface area (Å²) in [5.74, 6) is 0.470. The van der Waals surface area contributed by atoms with Gasteiger partial charge in [-0.1, -0.05) is 6.07 Å². The maximum absolute atomic E-state index is 12.2. The number of fused-ring (bicyclic) bond motifs is 1. The van der Waals surface area contributed by atoms with Gasteiger partial charge in [0.2, 0.25) is 0 Å². The molecule has 0 amide bonds. The lowest BCUT2D eigenvalue weighted by Gasteiger charge is -2.06. The van der Waals surface area contributed by atoms with Crippen LogP contribution in [0.3, 0.4) is 0 Å². The van der Waals surface area contributed by atoms with Crippen LogP contribution in [-0.4, -0.2) is 24.2 Å². The van der Waals surface area contributed by atoms with Gasteiger partial charge < -0.3 is 19.8 Å². The third kappa shape index (κ3) is 2.62. The van der Waals surface area contributed by atoms with Crippen molar-refractivity contribution in [3.8, 4) is 11.3 Å². The van der Waals surface area contributed by atoms with Crippen molar-refractivity contribution in [3.05, 3.63) is 58.8 Å². The van der Waals surface area contributed by atoms with Crippen LogP contribution in [0.15, 0.2) is 57.7 Å². The largest absolute Gasteiger partial charge is 0.488 e. The Kier molecular flexibility index (Phi) is 3.71. The van der Waals surface area contributed by atoms with Crippen molar-refractivity contribution in [2.45, 2.75) is 0 Å². The molecule has 5 nitrogen and oxygen atoms in total. The summed E-state index contributed by atoms with van der Waals surface area (Å²) in [6.07, 6.45) is 0. The molecule has 3 aromatic rings. The van der Waals surface area contributed by atoms with E-state index < -0.39 is 7.12 Å². The molecule has 0 aliphatic heterocycles. The van der Waals surface area contributed by atoms with Crippen LogP contribution in [0.1, 0.15) is 0 Å². The van der Waals surface area contributed by atoms with Crippen molar-refractivity contribution in [1.29, 1.82) is 0 Å². The van der Waals surface area contributed by atoms with E-state index in [0.717, 1.165) is 11.3 Å². The van der Waals surface area contributed by atoms with E-state index in [1.165, 1.54) is 18.2 Å². The molecule has 0 radical (unpaired) electrons. The summed E-state index contributed by atoms with van der Waals surface area (Å²) in [6, 6.07) is 13.4. The van der Waals surface area contributed by atoms with E-state index in [0.29, 0.717) is 16.7 Å². The average molecular weight is 295 g/mol. The van der Waals surface area contributed by atoms with Crippen LogP contribution in [-0.2, 0) is 0 Å². The summed E-state index contributed by atoms with van der Waals surface area (Å²) in [5, 5.41) is 21.7. The molecule has 0 saturated carbocycles. The minimum absolute atomic E-state index is 0.226. The van der Waals surface area contributed by atoms with Gasteiger partial charge in [0.15, 0.2) is 5.43 Å². The second-order valence-electron chi connectivity index (χ2n) is 4.93. The summed E-state index contributed by atoms with van der Waals surface area (Å²) in [4.78, 5) is 12.2. The lowest BCUT2D eigenvalue weighted by Crippen LogP contribution is -2.29. The Balaban J connectivity index is 2.12. The molecular weight excluding hydrogens is 281 g/mol. The highest BCUT2D eigenvalue weighted by Crippen LogP contribution is 2.23. The zero-order valence-electron chi connectivity index (χ0n) is 11.9. The molecule has 0 bridgehead atoms. The Morgan fingerprint density at radius 2 is 1.77 bits per heavy atom. The molecule has 1 heterocycles. The monoisotopic (exact) mass is 295 g/mol. The average Bonchev–Trinajstić information content (AvgIpc) is 2.54. The topological polar surface area (TPSA) is 82.7 Å². The van der Waals surface area contributed by atoms with E-state index in [1.54, 1.807) is 6.07 Å². The third-order valence-electron chi connectivity index (χ3n) is 3.51. The maximum atomic E-state index is 12.2. The summed E-state index contributed by atoms with van der Waals surface area (Å²) >= 11 is 0. The van der Waals surface area contributed by atoms with Crippen LogP contribution in [0.4, 0.5) is 5.69 Å². The third-order valence-corrected chi connectivity index (χ3v) is 3.51. The van der Waals surface area contributed by atoms with Gasteiger partial charge in [0.05, 0.1) is 5.39 Å². The van der Waals surface area contributed by atoms with Crippen LogP contribution >= 0.6 is 0 Å². The highest BCUT2D eigenvalue weighted by Gasteiger charge is 2.14. The number of rotatable bonds is 3. The van der Waals surface area contributed by atoms with E-state index in [9.17, 15) is 14.8 Å². The zero-order chi connectivity index (χ0) is 15.7. The minimum atomic E-state index is -1.61. The number of benzene rings is 2. The quantitative estimate of drug-likeness (QED) is 0.632. The molecule has 0 spiro atoms. The molecule has 6 heteroatoms. The second-order valence-corrected chi connectivity index (χ2v) is 4.93. The molecule has 0 saturated heterocycles. The van der Waals surface area contributed by atoms with E-state index in [4.69, 9.17) is 4.42 Å². The van der Waals surface area contributed by atoms with Gasteiger partial charge in [-0.2, -0.15) is 0 Å². The predicted octanol–water partition coefficient (Wildman–Crippen LogP) is 1.18. The fourth-order valence-corrected chi connectivity index (χ4v) is 2.28. The highest BCUT2D eigenvalue weighted by molar-refractivity contribution is 6.58. The van der Waals surface area contributed by atoms with E-state index in [1.807, 2.05) is 31.3 Å². The standard InChI is InChI=1S/C16H14BNO4/c1-18-12-5-2-10(3-6-12)16-9-14(19)13-8-11(17(20)21)4-7-15(13)22-16/h2-9,18,20-21H,1H3. The first-order valence-corrected chi connectivity index (χ1v) is 6.80. The molecule has 0 fully saturated rings. The Labute approximate surface area is 127 Å². The van der Waals surface area contributed by atoms with Crippen molar-refractivity contribution in [3.63, 3.8) is 0 Å². The van der Waals surface area contributed by atoms with Crippen LogP contribution in [0.25, 0.3) is 22.3 Å². The van der Waals surface area contributed by atoms with Crippen LogP contribution in [0, 0.1) is 0 Å². The first-order valence-electron chi connectivity index (χ1n) is 6.80. The van der Waals surface area contributed by atoms with E-state index in [2.05, 4.69) is 5.32 Å². The fraction of sp³-hybridized carbons (Fsp3) is 0.0625. The van der Waals surface area contributed by atoms with Crippen LogP contribution in [0.2, 0.25) is 0 Å². The maximum Gasteiger partial charge on any atom is 0.488 e. The molecule has 0 unspecified atom stereocenters. The molecule has 2 aromatic carbocycles. The van der Waals surface area contributed by atoms with Gasteiger partial charge in [0.1, 0.15) is 11.3 Å². The molecule has 0 atom stereocenters. The highest BCUT2D eigenvalue weighted by atomic mass is 16.4. The lowest BCUT2D eigenvalue weighted by atomic mass is 9.80. The molecule has 0 aliphatic rings. The lowest BCUT2D eigenvalue weighted by molar-refractivity contribution is 0.426. The Hall–Kier alpha value is -2.57. The van der Waals surface area contributed by atoms with Gasteiger partial charge in [-0.05, 0) is 41.9 Å². The first kappa shape index (κ1) is 14.4. The van der Waals surface area contributed by atoms with E-state index in [-0.39, 0.29) is 10.9 Å². The zero-order valence-corrected chi connectivity index (χ0v) is 11.9. The number of hydrogen-bond acceptors (Lipinski definition) is 5. The van der Waals surface area contributed by atoms with Gasteiger partial charge in [0.25, 0.3) is 0 Å². The summed E-state index contributed by atoms with van der Waals surface area (Å²) in [6.45, 7) is 0. The summed E-state index contributed by atoms with van der Waals surface area (Å²) in [7, 11) is 0.218. The summed E-state index contributed by atoms with van der Waals surface area (Å²) in [5.41, 5.74) is 2.20. The smallest absolute Gasteiger partial charge is 0.456 e. The Bertz CT molecular complexity index is 871. The van der Waals surface area contributed by atoms with Gasteiger partial charge in [-0.3, -0.25) is 4.79 Å². The number of hydrogen-bond donors (Lipinski definition) is 3. The van der Waals surface area contributed by atoms with Crippen molar-refractivity contribution in [1.82, 2.24) is 0 Å². The first-order chi connectivity index (χ1) is 10.6. The number of anilines is 1. The van der Waals surface area contributed by atoms with Crippen molar-refractivity contribution >= 4 is 29.2 Å². The molecular formula is C16H14BNO4. The molecule has 22 heavy (non-hydrogen) atoms. The van der Waals surface area contributed by atoms with Crippen molar-refractivity contribution in [2.75, 3.05) is 12.4 Å². The molecule has 110 valence electrons. The molecule has 1 aromatic heterocycles. The predicted molar refractivity (Wildman–Crippen MR) is 87.3 cm³/mol. The fourth-order valence-electron chi connectivity index (χ4n) is 2.28. The van der Waals surface area contributed by atoms with Gasteiger partial charge in [-0.25, -0.2) is 0 Å². The SMILES string of the molecule is CNc1ccc(-c2cc(=O)c3cc(B(O)O)ccc3o2)cc1. The van der Waals surface area contributed by atoms with Gasteiger partial charge in [-0.15, -0.1) is 0 Å². The molecule has 0 aliphatic carbocycles. The minimum Gasteiger partial charge on any atom is -0.456 e. The molecule has 3 N–H and O–H groups in total. The Morgan fingerprint density at radius 3 is 2.41 bits per heavy atom. The number of nitrogens with one attached hydrogen (secondary N) is 1. The normalized spacial score (nSPS) is 10.7. The molecule has 3 rings (SSSR count). The van der Waals surface area contributed by atoms with Crippen molar-refractivity contribution < 1.29 is 14.5 Å². The summed E-state index contributed by atoms with van der Waals surface area (Å²) < 4.78 is 5.75.